The van der Waals surface area contributed by atoms with E-state index >= 15 is 0 Å². The molecule has 1 unspecified atom stereocenters. The lowest BCUT2D eigenvalue weighted by Crippen LogP contribution is -2.49. The SMILES string of the molecule is COC(=O)C1CN(C(=O)c2nn[nH]n2)CCO1. The molecule has 1 aliphatic rings. The molecule has 1 fully saturated rings. The lowest BCUT2D eigenvalue weighted by atomic mass is 10.2. The van der Waals surface area contributed by atoms with Crippen molar-refractivity contribution in [2.24, 2.45) is 0 Å². The van der Waals surface area contributed by atoms with Gasteiger partial charge >= 0.3 is 5.97 Å². The van der Waals surface area contributed by atoms with Gasteiger partial charge in [0, 0.05) is 6.54 Å². The Hall–Kier alpha value is -2.03. The van der Waals surface area contributed by atoms with Crippen LogP contribution in [-0.2, 0) is 14.3 Å². The lowest BCUT2D eigenvalue weighted by Gasteiger charge is -2.30. The van der Waals surface area contributed by atoms with Crippen molar-refractivity contribution in [3.05, 3.63) is 5.82 Å². The summed E-state index contributed by atoms with van der Waals surface area (Å²) in [6.45, 7) is 0.768. The molecule has 92 valence electrons. The number of esters is 1. The first-order chi connectivity index (χ1) is 8.22. The number of tetrazole rings is 1. The number of carbonyl (C=O) groups is 2. The van der Waals surface area contributed by atoms with Crippen molar-refractivity contribution in [2.45, 2.75) is 6.10 Å². The molecule has 0 saturated carbocycles. The summed E-state index contributed by atoms with van der Waals surface area (Å²) in [5.74, 6) is -0.929. The van der Waals surface area contributed by atoms with Crippen LogP contribution in [0.4, 0.5) is 0 Å². The van der Waals surface area contributed by atoms with Crippen LogP contribution >= 0.6 is 0 Å². The lowest BCUT2D eigenvalue weighted by molar-refractivity contribution is -0.158. The van der Waals surface area contributed by atoms with Crippen LogP contribution < -0.4 is 0 Å². The maximum Gasteiger partial charge on any atom is 0.336 e. The van der Waals surface area contributed by atoms with E-state index in [2.05, 4.69) is 25.4 Å². The molecular formula is C8H11N5O4. The number of hydrogen-bond donors (Lipinski definition) is 1. The fraction of sp³-hybridized carbons (Fsp3) is 0.625. The Labute approximate surface area is 96.1 Å². The van der Waals surface area contributed by atoms with Crippen LogP contribution in [0.25, 0.3) is 0 Å². The van der Waals surface area contributed by atoms with Gasteiger partial charge in [-0.15, -0.1) is 10.2 Å². The first kappa shape index (κ1) is 11.5. The van der Waals surface area contributed by atoms with E-state index in [0.29, 0.717) is 6.54 Å². The fourth-order valence-corrected chi connectivity index (χ4v) is 1.50. The molecule has 2 rings (SSSR count). The second-order valence-electron chi connectivity index (χ2n) is 3.37. The summed E-state index contributed by atoms with van der Waals surface area (Å²) in [7, 11) is 1.27. The Kier molecular flexibility index (Phi) is 3.28. The Bertz CT molecular complexity index is 406. The molecule has 17 heavy (non-hydrogen) atoms. The zero-order valence-corrected chi connectivity index (χ0v) is 9.12. The van der Waals surface area contributed by atoms with Gasteiger partial charge in [-0.2, -0.15) is 5.21 Å². The number of nitrogens with zero attached hydrogens (tertiary/aromatic N) is 4. The van der Waals surface area contributed by atoms with Gasteiger partial charge in [-0.05, 0) is 5.21 Å². The van der Waals surface area contributed by atoms with E-state index in [-0.39, 0.29) is 19.0 Å². The maximum absolute atomic E-state index is 11.9. The number of H-pyrrole nitrogens is 1. The highest BCUT2D eigenvalue weighted by Gasteiger charge is 2.31. The minimum atomic E-state index is -0.760. The number of methoxy groups -OCH3 is 1. The number of amides is 1. The van der Waals surface area contributed by atoms with Crippen molar-refractivity contribution in [1.82, 2.24) is 25.5 Å². The van der Waals surface area contributed by atoms with Gasteiger partial charge in [-0.3, -0.25) is 4.79 Å². The molecule has 1 aliphatic heterocycles. The second kappa shape index (κ2) is 4.87. The number of nitrogens with one attached hydrogen (secondary N) is 1. The van der Waals surface area contributed by atoms with E-state index in [9.17, 15) is 9.59 Å². The van der Waals surface area contributed by atoms with Crippen LogP contribution in [0.1, 0.15) is 10.6 Å². The van der Waals surface area contributed by atoms with Crippen molar-refractivity contribution in [3.63, 3.8) is 0 Å². The average Bonchev–Trinajstić information content (AvgIpc) is 2.91. The molecular weight excluding hydrogens is 230 g/mol. The van der Waals surface area contributed by atoms with Gasteiger partial charge in [0.15, 0.2) is 6.10 Å². The van der Waals surface area contributed by atoms with Gasteiger partial charge in [-0.25, -0.2) is 4.79 Å². The van der Waals surface area contributed by atoms with Crippen LogP contribution in [0, 0.1) is 0 Å². The standard InChI is InChI=1S/C8H11N5O4/c1-16-8(15)5-4-13(2-3-17-5)7(14)6-9-11-12-10-6/h5H,2-4H2,1H3,(H,9,10,11,12). The summed E-state index contributed by atoms with van der Waals surface area (Å²) in [5, 5.41) is 12.7. The zero-order chi connectivity index (χ0) is 12.3. The van der Waals surface area contributed by atoms with E-state index in [0.717, 1.165) is 0 Å². The Morgan fingerprint density at radius 2 is 2.41 bits per heavy atom. The summed E-state index contributed by atoms with van der Waals surface area (Å²) < 4.78 is 9.75. The first-order valence-electron chi connectivity index (χ1n) is 4.94. The third kappa shape index (κ3) is 2.38. The van der Waals surface area contributed by atoms with E-state index in [1.807, 2.05) is 0 Å². The Morgan fingerprint density at radius 3 is 3.06 bits per heavy atom. The molecule has 1 atom stereocenters. The monoisotopic (exact) mass is 241 g/mol. The van der Waals surface area contributed by atoms with Crippen LogP contribution in [0.15, 0.2) is 0 Å². The smallest absolute Gasteiger partial charge is 0.336 e. The molecule has 1 saturated heterocycles. The predicted molar refractivity (Wildman–Crippen MR) is 51.8 cm³/mol. The minimum Gasteiger partial charge on any atom is -0.467 e. The van der Waals surface area contributed by atoms with Gasteiger partial charge < -0.3 is 14.4 Å². The molecule has 1 aromatic rings. The third-order valence-electron chi connectivity index (χ3n) is 2.35. The van der Waals surface area contributed by atoms with Crippen LogP contribution in [0.2, 0.25) is 0 Å². The third-order valence-corrected chi connectivity index (χ3v) is 2.35. The molecule has 0 aliphatic carbocycles. The van der Waals surface area contributed by atoms with E-state index < -0.39 is 18.0 Å². The van der Waals surface area contributed by atoms with Gasteiger partial charge in [0.05, 0.1) is 20.3 Å². The predicted octanol–water partition coefficient (Wildman–Crippen LogP) is -1.79. The maximum atomic E-state index is 11.9. The normalized spacial score (nSPS) is 20.1. The molecule has 0 spiro atoms. The summed E-state index contributed by atoms with van der Waals surface area (Å²) in [6.07, 6.45) is -0.760. The topological polar surface area (TPSA) is 110 Å². The summed E-state index contributed by atoms with van der Waals surface area (Å²) in [6, 6.07) is 0. The quantitative estimate of drug-likeness (QED) is 0.609. The van der Waals surface area contributed by atoms with Crippen LogP contribution in [0.3, 0.4) is 0 Å². The number of ether oxygens (including phenoxy) is 2. The number of rotatable bonds is 2. The highest BCUT2D eigenvalue weighted by atomic mass is 16.6. The molecule has 0 aromatic carbocycles. The summed E-state index contributed by atoms with van der Waals surface area (Å²) in [4.78, 5) is 24.6. The van der Waals surface area contributed by atoms with Crippen molar-refractivity contribution in [2.75, 3.05) is 26.8 Å². The highest BCUT2D eigenvalue weighted by molar-refractivity contribution is 5.90. The molecule has 1 N–H and O–H groups in total. The first-order valence-corrected chi connectivity index (χ1v) is 4.94. The summed E-state index contributed by atoms with van der Waals surface area (Å²) >= 11 is 0. The summed E-state index contributed by atoms with van der Waals surface area (Å²) in [5.41, 5.74) is 0. The molecule has 9 nitrogen and oxygen atoms in total. The van der Waals surface area contributed by atoms with Gasteiger partial charge in [0.2, 0.25) is 0 Å². The van der Waals surface area contributed by atoms with Crippen LogP contribution in [-0.4, -0.2) is 70.3 Å². The number of hydrogen-bond acceptors (Lipinski definition) is 7. The van der Waals surface area contributed by atoms with Crippen molar-refractivity contribution >= 4 is 11.9 Å². The van der Waals surface area contributed by atoms with Gasteiger partial charge in [0.25, 0.3) is 11.7 Å². The number of morpholine rings is 1. The van der Waals surface area contributed by atoms with Crippen LogP contribution in [0.5, 0.6) is 0 Å². The number of aromatic amines is 1. The molecule has 9 heteroatoms. The fourth-order valence-electron chi connectivity index (χ4n) is 1.50. The van der Waals surface area contributed by atoms with Crippen molar-refractivity contribution in [3.8, 4) is 0 Å². The Morgan fingerprint density at radius 1 is 1.59 bits per heavy atom. The molecule has 1 aromatic heterocycles. The highest BCUT2D eigenvalue weighted by Crippen LogP contribution is 2.08. The van der Waals surface area contributed by atoms with Crippen molar-refractivity contribution < 1.29 is 19.1 Å². The molecule has 2 heterocycles. The minimum absolute atomic E-state index is 0.0319. The second-order valence-corrected chi connectivity index (χ2v) is 3.37. The average molecular weight is 241 g/mol. The van der Waals surface area contributed by atoms with E-state index in [1.165, 1.54) is 12.0 Å². The van der Waals surface area contributed by atoms with Crippen molar-refractivity contribution in [1.29, 1.82) is 0 Å². The molecule has 1 amide bonds. The van der Waals surface area contributed by atoms with E-state index in [1.54, 1.807) is 0 Å². The zero-order valence-electron chi connectivity index (χ0n) is 9.12. The van der Waals surface area contributed by atoms with E-state index in [4.69, 9.17) is 4.74 Å². The largest absolute Gasteiger partial charge is 0.467 e. The van der Waals surface area contributed by atoms with Gasteiger partial charge in [-0.1, -0.05) is 0 Å². The Balaban J connectivity index is 2.02. The molecule has 0 bridgehead atoms. The number of carbonyl (C=O) groups excluding carboxylic acids is 2. The van der Waals surface area contributed by atoms with Gasteiger partial charge in [0.1, 0.15) is 0 Å². The molecule has 0 radical (unpaired) electrons. The number of aromatic nitrogens is 4.